The quantitative estimate of drug-likeness (QED) is 0.716. The second-order valence-corrected chi connectivity index (χ2v) is 3.38. The molecule has 0 radical (unpaired) electrons. The van der Waals surface area contributed by atoms with Crippen molar-refractivity contribution < 1.29 is 0 Å². The van der Waals surface area contributed by atoms with Crippen LogP contribution in [0, 0.1) is 0 Å². The number of aliphatic imine (C=N–C) groups is 1. The molecular weight excluding hydrogens is 198 g/mol. The summed E-state index contributed by atoms with van der Waals surface area (Å²) >= 11 is 0. The summed E-state index contributed by atoms with van der Waals surface area (Å²) in [6, 6.07) is 7.84. The molecule has 0 N–H and O–H groups in total. The summed E-state index contributed by atoms with van der Waals surface area (Å²) in [4.78, 5) is 12.9. The number of aromatic nitrogens is 2. The van der Waals surface area contributed by atoms with Gasteiger partial charge in [-0.1, -0.05) is 18.2 Å². The maximum Gasteiger partial charge on any atom is 0.0905 e. The zero-order valence-electron chi connectivity index (χ0n) is 9.38. The van der Waals surface area contributed by atoms with Gasteiger partial charge in [-0.25, -0.2) is 4.98 Å². The third kappa shape index (κ3) is 1.98. The van der Waals surface area contributed by atoms with Gasteiger partial charge in [-0.05, 0) is 19.1 Å². The lowest BCUT2D eigenvalue weighted by atomic mass is 10.2. The van der Waals surface area contributed by atoms with Gasteiger partial charge in [0, 0.05) is 18.8 Å². The first-order valence-electron chi connectivity index (χ1n) is 5.16. The molecule has 1 aromatic heterocycles. The van der Waals surface area contributed by atoms with Crippen LogP contribution in [0.3, 0.4) is 0 Å². The molecule has 0 bridgehead atoms. The summed E-state index contributed by atoms with van der Waals surface area (Å²) < 4.78 is 0. The van der Waals surface area contributed by atoms with Crippen molar-refractivity contribution in [1.29, 1.82) is 0 Å². The fourth-order valence-electron chi connectivity index (χ4n) is 1.52. The average Bonchev–Trinajstić information content (AvgIpc) is 2.35. The van der Waals surface area contributed by atoms with Gasteiger partial charge >= 0.3 is 0 Å². The van der Waals surface area contributed by atoms with E-state index in [-0.39, 0.29) is 0 Å². The first-order valence-corrected chi connectivity index (χ1v) is 5.16. The number of nitrogens with zero attached hydrogens (tertiary/aromatic N) is 3. The summed E-state index contributed by atoms with van der Waals surface area (Å²) in [5, 5.41) is 0. The molecule has 1 heterocycles. The molecule has 3 heteroatoms. The van der Waals surface area contributed by atoms with Gasteiger partial charge in [0.1, 0.15) is 0 Å². The SMILES string of the molecule is C/C=C(\C=N/C)c1cnc2ccccc2n1. The number of allylic oxidation sites excluding steroid dienone is 2. The normalized spacial score (nSPS) is 12.5. The topological polar surface area (TPSA) is 38.1 Å². The van der Waals surface area contributed by atoms with Crippen molar-refractivity contribution in [3.05, 3.63) is 42.2 Å². The monoisotopic (exact) mass is 211 g/mol. The van der Waals surface area contributed by atoms with Crippen LogP contribution in [0.1, 0.15) is 12.6 Å². The molecule has 2 rings (SSSR count). The molecule has 16 heavy (non-hydrogen) atoms. The van der Waals surface area contributed by atoms with E-state index in [0.29, 0.717) is 0 Å². The third-order valence-corrected chi connectivity index (χ3v) is 2.32. The maximum absolute atomic E-state index is 4.54. The minimum Gasteiger partial charge on any atom is -0.296 e. The molecule has 3 nitrogen and oxygen atoms in total. The summed E-state index contributed by atoms with van der Waals surface area (Å²) in [6.45, 7) is 1.97. The smallest absolute Gasteiger partial charge is 0.0905 e. The van der Waals surface area contributed by atoms with Crippen LogP contribution in [0.25, 0.3) is 16.6 Å². The van der Waals surface area contributed by atoms with Gasteiger partial charge in [0.15, 0.2) is 0 Å². The van der Waals surface area contributed by atoms with Crippen molar-refractivity contribution in [2.75, 3.05) is 7.05 Å². The van der Waals surface area contributed by atoms with E-state index in [4.69, 9.17) is 0 Å². The van der Waals surface area contributed by atoms with Crippen LogP contribution >= 0.6 is 0 Å². The molecule has 0 unspecified atom stereocenters. The van der Waals surface area contributed by atoms with Crippen LogP contribution in [-0.2, 0) is 0 Å². The fourth-order valence-corrected chi connectivity index (χ4v) is 1.52. The highest BCUT2D eigenvalue weighted by Crippen LogP contribution is 2.13. The molecule has 0 spiro atoms. The highest BCUT2D eigenvalue weighted by Gasteiger charge is 2.01. The van der Waals surface area contributed by atoms with Crippen molar-refractivity contribution in [2.45, 2.75) is 6.92 Å². The second-order valence-electron chi connectivity index (χ2n) is 3.38. The van der Waals surface area contributed by atoms with E-state index in [1.54, 1.807) is 19.5 Å². The largest absolute Gasteiger partial charge is 0.296 e. The molecule has 0 aliphatic carbocycles. The number of para-hydroxylation sites is 2. The Labute approximate surface area is 94.6 Å². The van der Waals surface area contributed by atoms with Crippen LogP contribution < -0.4 is 0 Å². The number of rotatable bonds is 2. The summed E-state index contributed by atoms with van der Waals surface area (Å²) in [5.74, 6) is 0. The van der Waals surface area contributed by atoms with E-state index in [2.05, 4.69) is 15.0 Å². The summed E-state index contributed by atoms with van der Waals surface area (Å²) in [6.07, 6.45) is 5.55. The Bertz CT molecular complexity index is 556. The fraction of sp³-hybridized carbons (Fsp3) is 0.154. The Morgan fingerprint density at radius 3 is 2.69 bits per heavy atom. The maximum atomic E-state index is 4.54. The third-order valence-electron chi connectivity index (χ3n) is 2.32. The molecule has 0 atom stereocenters. The van der Waals surface area contributed by atoms with Gasteiger partial charge < -0.3 is 0 Å². The van der Waals surface area contributed by atoms with Gasteiger partial charge in [-0.3, -0.25) is 9.98 Å². The van der Waals surface area contributed by atoms with E-state index in [1.165, 1.54) is 0 Å². The van der Waals surface area contributed by atoms with Crippen LogP contribution in [0.5, 0.6) is 0 Å². The lowest BCUT2D eigenvalue weighted by molar-refractivity contribution is 1.26. The Kier molecular flexibility index (Phi) is 3.05. The first-order chi connectivity index (χ1) is 7.85. The number of hydrogen-bond acceptors (Lipinski definition) is 3. The van der Waals surface area contributed by atoms with E-state index in [1.807, 2.05) is 37.3 Å². The zero-order chi connectivity index (χ0) is 11.4. The standard InChI is InChI=1S/C13H13N3/c1-3-10(8-14-2)13-9-15-11-6-4-5-7-12(11)16-13/h3-9H,1-2H3/b10-3+,14-8-. The second kappa shape index (κ2) is 4.66. The predicted octanol–water partition coefficient (Wildman–Crippen LogP) is 2.73. The molecule has 0 saturated carbocycles. The number of fused-ring (bicyclic) bond motifs is 1. The van der Waals surface area contributed by atoms with Crippen LogP contribution in [0.2, 0.25) is 0 Å². The molecule has 0 saturated heterocycles. The lowest BCUT2D eigenvalue weighted by Gasteiger charge is -2.01. The minimum atomic E-state index is 0.854. The van der Waals surface area contributed by atoms with E-state index >= 15 is 0 Å². The van der Waals surface area contributed by atoms with Crippen LogP contribution in [0.15, 0.2) is 41.5 Å². The Morgan fingerprint density at radius 2 is 2.00 bits per heavy atom. The van der Waals surface area contributed by atoms with Crippen molar-refractivity contribution in [1.82, 2.24) is 9.97 Å². The van der Waals surface area contributed by atoms with Gasteiger partial charge in [0.2, 0.25) is 0 Å². The summed E-state index contributed by atoms with van der Waals surface area (Å²) in [5.41, 5.74) is 3.66. The number of benzene rings is 1. The van der Waals surface area contributed by atoms with Gasteiger partial charge in [-0.15, -0.1) is 0 Å². The van der Waals surface area contributed by atoms with E-state index in [9.17, 15) is 0 Å². The van der Waals surface area contributed by atoms with E-state index in [0.717, 1.165) is 22.3 Å². The van der Waals surface area contributed by atoms with Crippen molar-refractivity contribution in [3.8, 4) is 0 Å². The molecule has 0 aliphatic rings. The molecule has 80 valence electrons. The van der Waals surface area contributed by atoms with Crippen molar-refractivity contribution in [3.63, 3.8) is 0 Å². The van der Waals surface area contributed by atoms with Crippen molar-refractivity contribution in [2.24, 2.45) is 4.99 Å². The van der Waals surface area contributed by atoms with Crippen LogP contribution in [0.4, 0.5) is 0 Å². The predicted molar refractivity (Wildman–Crippen MR) is 67.6 cm³/mol. The van der Waals surface area contributed by atoms with Gasteiger partial charge in [0.05, 0.1) is 22.9 Å². The summed E-state index contributed by atoms with van der Waals surface area (Å²) in [7, 11) is 1.75. The minimum absolute atomic E-state index is 0.854. The number of hydrogen-bond donors (Lipinski definition) is 0. The molecule has 1 aromatic carbocycles. The lowest BCUT2D eigenvalue weighted by Crippen LogP contribution is -1.93. The Hall–Kier alpha value is -2.03. The van der Waals surface area contributed by atoms with Crippen LogP contribution in [-0.4, -0.2) is 23.2 Å². The van der Waals surface area contributed by atoms with Crippen molar-refractivity contribution >= 4 is 22.8 Å². The Morgan fingerprint density at radius 1 is 1.25 bits per heavy atom. The average molecular weight is 211 g/mol. The Balaban J connectivity index is 2.54. The van der Waals surface area contributed by atoms with Gasteiger partial charge in [0.25, 0.3) is 0 Å². The zero-order valence-corrected chi connectivity index (χ0v) is 9.38. The molecule has 2 aromatic rings. The van der Waals surface area contributed by atoms with Gasteiger partial charge in [-0.2, -0.15) is 0 Å². The molecule has 0 aliphatic heterocycles. The molecule has 0 amide bonds. The first kappa shape index (κ1) is 10.5. The highest BCUT2D eigenvalue weighted by molar-refractivity contribution is 6.09. The molecular formula is C13H13N3. The molecule has 0 fully saturated rings. The highest BCUT2D eigenvalue weighted by atomic mass is 14.8. The van der Waals surface area contributed by atoms with E-state index < -0.39 is 0 Å².